The molecule has 0 spiro atoms. The van der Waals surface area contributed by atoms with E-state index in [-0.39, 0.29) is 33.1 Å². The van der Waals surface area contributed by atoms with Crippen molar-refractivity contribution < 1.29 is 17.9 Å². The first kappa shape index (κ1) is 21.8. The van der Waals surface area contributed by atoms with Gasteiger partial charge in [-0.1, -0.05) is 13.8 Å². The molecule has 4 aliphatic rings. The molecule has 3 unspecified atom stereocenters. The van der Waals surface area contributed by atoms with Crippen LogP contribution in [-0.2, 0) is 19.6 Å². The standard InChI is InChI=1S/C23H34N2O4S/c1-16(12-29-4)25-30(27,28)19-7-5-18(6-8-19)24-20(26)23-11-17-9-21(2,14-23)13-22(3,10-17)15-23/h5-8,16-17,25H,9-15H2,1-4H3,(H,24,26). The molecule has 1 aromatic rings. The number of ether oxygens (including phenoxy) is 1. The van der Waals surface area contributed by atoms with Gasteiger partial charge in [0, 0.05) is 18.8 Å². The summed E-state index contributed by atoms with van der Waals surface area (Å²) in [5, 5.41) is 3.10. The predicted molar refractivity (Wildman–Crippen MR) is 117 cm³/mol. The van der Waals surface area contributed by atoms with E-state index in [0.717, 1.165) is 19.3 Å². The van der Waals surface area contributed by atoms with Crippen LogP contribution in [0.15, 0.2) is 29.2 Å². The molecule has 4 fully saturated rings. The topological polar surface area (TPSA) is 84.5 Å². The Hall–Kier alpha value is -1.44. The van der Waals surface area contributed by atoms with Crippen LogP contribution in [0.2, 0.25) is 0 Å². The average Bonchev–Trinajstić information content (AvgIpc) is 2.58. The van der Waals surface area contributed by atoms with E-state index in [2.05, 4.69) is 23.9 Å². The van der Waals surface area contributed by atoms with Gasteiger partial charge in [-0.25, -0.2) is 13.1 Å². The number of benzene rings is 1. The molecule has 2 N–H and O–H groups in total. The Balaban J connectivity index is 1.47. The largest absolute Gasteiger partial charge is 0.383 e. The second kappa shape index (κ2) is 7.31. The molecule has 5 rings (SSSR count). The first-order valence-electron chi connectivity index (χ1n) is 10.9. The first-order valence-corrected chi connectivity index (χ1v) is 12.4. The number of carbonyl (C=O) groups is 1. The molecule has 4 aliphatic carbocycles. The lowest BCUT2D eigenvalue weighted by Gasteiger charge is -2.64. The van der Waals surface area contributed by atoms with Crippen LogP contribution in [0.1, 0.15) is 59.3 Å². The fourth-order valence-corrected chi connectivity index (χ4v) is 8.53. The molecule has 3 atom stereocenters. The number of carbonyl (C=O) groups excluding carboxylic acids is 1. The van der Waals surface area contributed by atoms with Gasteiger partial charge >= 0.3 is 0 Å². The second-order valence-corrected chi connectivity index (χ2v) is 12.6. The summed E-state index contributed by atoms with van der Waals surface area (Å²) in [6, 6.07) is 6.12. The summed E-state index contributed by atoms with van der Waals surface area (Å²) >= 11 is 0. The zero-order chi connectivity index (χ0) is 21.8. The Bertz CT molecular complexity index is 909. The van der Waals surface area contributed by atoms with Crippen LogP contribution in [0.5, 0.6) is 0 Å². The van der Waals surface area contributed by atoms with Crippen molar-refractivity contribution in [1.82, 2.24) is 4.72 Å². The van der Waals surface area contributed by atoms with E-state index in [1.54, 1.807) is 31.2 Å². The monoisotopic (exact) mass is 434 g/mol. The average molecular weight is 435 g/mol. The molecule has 0 radical (unpaired) electrons. The zero-order valence-electron chi connectivity index (χ0n) is 18.5. The number of amides is 1. The molecule has 30 heavy (non-hydrogen) atoms. The predicted octanol–water partition coefficient (Wildman–Crippen LogP) is 3.93. The van der Waals surface area contributed by atoms with Crippen molar-refractivity contribution in [2.75, 3.05) is 19.0 Å². The maximum atomic E-state index is 13.4. The van der Waals surface area contributed by atoms with Gasteiger partial charge in [-0.2, -0.15) is 0 Å². The van der Waals surface area contributed by atoms with Gasteiger partial charge in [0.2, 0.25) is 15.9 Å². The maximum absolute atomic E-state index is 13.4. The van der Waals surface area contributed by atoms with Crippen LogP contribution in [0.25, 0.3) is 0 Å². The van der Waals surface area contributed by atoms with Gasteiger partial charge in [-0.05, 0) is 86.5 Å². The summed E-state index contributed by atoms with van der Waals surface area (Å²) < 4.78 is 32.6. The van der Waals surface area contributed by atoms with Gasteiger partial charge in [-0.15, -0.1) is 0 Å². The number of hydrogen-bond acceptors (Lipinski definition) is 4. The van der Waals surface area contributed by atoms with E-state index in [1.165, 1.54) is 26.4 Å². The SMILES string of the molecule is COCC(C)NS(=O)(=O)c1ccc(NC(=O)C23CC4CC(C)(CC(C)(C4)C2)C3)cc1. The van der Waals surface area contributed by atoms with Gasteiger partial charge in [0.1, 0.15) is 0 Å². The highest BCUT2D eigenvalue weighted by molar-refractivity contribution is 7.89. The van der Waals surface area contributed by atoms with Gasteiger partial charge in [0.05, 0.1) is 16.9 Å². The van der Waals surface area contributed by atoms with Gasteiger partial charge in [0.25, 0.3) is 0 Å². The van der Waals surface area contributed by atoms with E-state index >= 15 is 0 Å². The van der Waals surface area contributed by atoms with Crippen molar-refractivity contribution in [3.8, 4) is 0 Å². The van der Waals surface area contributed by atoms with Crippen LogP contribution in [-0.4, -0.2) is 34.1 Å². The second-order valence-electron chi connectivity index (χ2n) is 10.9. The number of anilines is 1. The Morgan fingerprint density at radius 3 is 2.23 bits per heavy atom. The van der Waals surface area contributed by atoms with Crippen LogP contribution in [0.3, 0.4) is 0 Å². The molecular formula is C23H34N2O4S. The minimum absolute atomic E-state index is 0.103. The molecule has 0 heterocycles. The van der Waals surface area contributed by atoms with E-state index in [9.17, 15) is 13.2 Å². The minimum atomic E-state index is -3.62. The maximum Gasteiger partial charge on any atom is 0.240 e. The molecule has 166 valence electrons. The summed E-state index contributed by atoms with van der Waals surface area (Å²) in [5.41, 5.74) is 0.905. The summed E-state index contributed by atoms with van der Waals surface area (Å²) in [5.74, 6) is 0.751. The van der Waals surface area contributed by atoms with Crippen molar-refractivity contribution in [2.45, 2.75) is 70.2 Å². The first-order chi connectivity index (χ1) is 14.0. The van der Waals surface area contributed by atoms with Crippen LogP contribution in [0.4, 0.5) is 5.69 Å². The highest BCUT2D eigenvalue weighted by Crippen LogP contribution is 2.69. The van der Waals surface area contributed by atoms with Gasteiger partial charge in [-0.3, -0.25) is 4.79 Å². The third-order valence-electron chi connectivity index (χ3n) is 7.30. The lowest BCUT2D eigenvalue weighted by atomic mass is 9.40. The molecule has 1 aromatic carbocycles. The Labute approximate surface area is 180 Å². The molecule has 1 amide bonds. The fourth-order valence-electron chi connectivity index (χ4n) is 7.30. The summed E-state index contributed by atoms with van der Waals surface area (Å²) in [6.45, 7) is 6.76. The summed E-state index contributed by atoms with van der Waals surface area (Å²) in [7, 11) is -2.09. The Morgan fingerprint density at radius 2 is 1.70 bits per heavy atom. The van der Waals surface area contributed by atoms with Crippen LogP contribution >= 0.6 is 0 Å². The van der Waals surface area contributed by atoms with Crippen molar-refractivity contribution >= 4 is 21.6 Å². The fraction of sp³-hybridized carbons (Fsp3) is 0.696. The number of rotatable bonds is 7. The Kier molecular flexibility index (Phi) is 5.31. The number of nitrogens with one attached hydrogen (secondary N) is 2. The van der Waals surface area contributed by atoms with Gasteiger partial charge in [0.15, 0.2) is 0 Å². The molecular weight excluding hydrogens is 400 g/mol. The van der Waals surface area contributed by atoms with E-state index in [4.69, 9.17) is 4.74 Å². The smallest absolute Gasteiger partial charge is 0.240 e. The van der Waals surface area contributed by atoms with Crippen LogP contribution < -0.4 is 10.0 Å². The van der Waals surface area contributed by atoms with E-state index in [1.807, 2.05) is 0 Å². The number of sulfonamides is 1. The highest BCUT2D eigenvalue weighted by atomic mass is 32.2. The number of methoxy groups -OCH3 is 1. The molecule has 0 aromatic heterocycles. The van der Waals surface area contributed by atoms with Crippen molar-refractivity contribution in [2.24, 2.45) is 22.2 Å². The normalized spacial score (nSPS) is 35.9. The van der Waals surface area contributed by atoms with Crippen LogP contribution in [0, 0.1) is 22.2 Å². The Morgan fingerprint density at radius 1 is 1.10 bits per heavy atom. The highest BCUT2D eigenvalue weighted by Gasteiger charge is 2.62. The van der Waals surface area contributed by atoms with Crippen molar-refractivity contribution in [3.05, 3.63) is 24.3 Å². The molecule has 7 heteroatoms. The molecule has 4 bridgehead atoms. The molecule has 4 saturated carbocycles. The molecule has 6 nitrogen and oxygen atoms in total. The van der Waals surface area contributed by atoms with Gasteiger partial charge < -0.3 is 10.1 Å². The molecule has 0 saturated heterocycles. The minimum Gasteiger partial charge on any atom is -0.383 e. The third kappa shape index (κ3) is 4.04. The quantitative estimate of drug-likeness (QED) is 0.681. The van der Waals surface area contributed by atoms with Crippen molar-refractivity contribution in [1.29, 1.82) is 0 Å². The van der Waals surface area contributed by atoms with E-state index < -0.39 is 10.0 Å². The lowest BCUT2D eigenvalue weighted by Crippen LogP contribution is -2.58. The van der Waals surface area contributed by atoms with E-state index in [0.29, 0.717) is 18.2 Å². The lowest BCUT2D eigenvalue weighted by molar-refractivity contribution is -0.165. The van der Waals surface area contributed by atoms with Crippen molar-refractivity contribution in [3.63, 3.8) is 0 Å². The molecule has 0 aliphatic heterocycles. The third-order valence-corrected chi connectivity index (χ3v) is 8.91. The number of hydrogen-bond donors (Lipinski definition) is 2. The zero-order valence-corrected chi connectivity index (χ0v) is 19.3. The summed E-state index contributed by atoms with van der Waals surface area (Å²) in [4.78, 5) is 13.6. The summed E-state index contributed by atoms with van der Waals surface area (Å²) in [6.07, 6.45) is 6.64.